The molecular weight excluding hydrogens is 206 g/mol. The van der Waals surface area contributed by atoms with Gasteiger partial charge in [0.25, 0.3) is 0 Å². The average Bonchev–Trinajstić information content (AvgIpc) is 2.16. The lowest BCUT2D eigenvalue weighted by Crippen LogP contribution is -2.42. The van der Waals surface area contributed by atoms with Crippen molar-refractivity contribution in [3.8, 4) is 0 Å². The van der Waals surface area contributed by atoms with Crippen LogP contribution in [0.15, 0.2) is 12.1 Å². The predicted octanol–water partition coefficient (Wildman–Crippen LogP) is 3.34. The summed E-state index contributed by atoms with van der Waals surface area (Å²) < 4.78 is 0. The van der Waals surface area contributed by atoms with Gasteiger partial charge in [-0.05, 0) is 49.4 Å². The number of halogens is 1. The van der Waals surface area contributed by atoms with Gasteiger partial charge >= 0.3 is 0 Å². The van der Waals surface area contributed by atoms with Crippen molar-refractivity contribution in [2.45, 2.75) is 38.5 Å². The summed E-state index contributed by atoms with van der Waals surface area (Å²) in [7, 11) is 0. The molecule has 1 nitrogen and oxygen atoms in total. The van der Waals surface area contributed by atoms with Crippen molar-refractivity contribution in [2.75, 3.05) is 6.54 Å². The van der Waals surface area contributed by atoms with E-state index in [1.165, 1.54) is 36.0 Å². The Morgan fingerprint density at radius 1 is 1.33 bits per heavy atom. The molecule has 1 aromatic carbocycles. The van der Waals surface area contributed by atoms with Gasteiger partial charge in [0.1, 0.15) is 0 Å². The summed E-state index contributed by atoms with van der Waals surface area (Å²) in [5.41, 5.74) is 10.1. The predicted molar refractivity (Wildman–Crippen MR) is 65.5 cm³/mol. The van der Waals surface area contributed by atoms with E-state index in [0.29, 0.717) is 0 Å². The lowest BCUT2D eigenvalue weighted by Gasteiger charge is -2.43. The summed E-state index contributed by atoms with van der Waals surface area (Å²) >= 11 is 6.19. The van der Waals surface area contributed by atoms with Crippen molar-refractivity contribution in [2.24, 2.45) is 5.73 Å². The second-order valence-electron chi connectivity index (χ2n) is 4.70. The summed E-state index contributed by atoms with van der Waals surface area (Å²) in [5.74, 6) is 0. The average molecular weight is 224 g/mol. The highest BCUT2D eigenvalue weighted by atomic mass is 35.5. The standard InChI is InChI=1S/C13H18ClN/c1-9-4-5-11(14)10(2)12(9)13(8-15)6-3-7-13/h4-5H,3,6-8,15H2,1-2H3. The highest BCUT2D eigenvalue weighted by molar-refractivity contribution is 6.31. The third-order valence-electron chi connectivity index (χ3n) is 3.84. The molecule has 82 valence electrons. The smallest absolute Gasteiger partial charge is 0.0438 e. The Morgan fingerprint density at radius 3 is 2.47 bits per heavy atom. The third kappa shape index (κ3) is 1.58. The number of aryl methyl sites for hydroxylation is 1. The Labute approximate surface area is 96.6 Å². The second-order valence-corrected chi connectivity index (χ2v) is 5.11. The molecule has 2 rings (SSSR count). The zero-order valence-corrected chi connectivity index (χ0v) is 10.2. The first kappa shape index (κ1) is 11.0. The summed E-state index contributed by atoms with van der Waals surface area (Å²) in [4.78, 5) is 0. The first-order valence-electron chi connectivity index (χ1n) is 5.57. The molecule has 15 heavy (non-hydrogen) atoms. The molecule has 0 saturated heterocycles. The molecule has 0 atom stereocenters. The van der Waals surface area contributed by atoms with Crippen LogP contribution in [0, 0.1) is 13.8 Å². The fourth-order valence-electron chi connectivity index (χ4n) is 2.80. The van der Waals surface area contributed by atoms with E-state index in [1.807, 2.05) is 6.07 Å². The maximum atomic E-state index is 6.19. The zero-order chi connectivity index (χ0) is 11.1. The summed E-state index contributed by atoms with van der Waals surface area (Å²) in [6.45, 7) is 5.02. The van der Waals surface area contributed by atoms with Crippen molar-refractivity contribution < 1.29 is 0 Å². The Morgan fingerprint density at radius 2 is 2.00 bits per heavy atom. The minimum Gasteiger partial charge on any atom is -0.330 e. The highest BCUT2D eigenvalue weighted by Crippen LogP contribution is 2.46. The minimum atomic E-state index is 0.221. The van der Waals surface area contributed by atoms with Crippen LogP contribution in [0.2, 0.25) is 5.02 Å². The Balaban J connectivity index is 2.55. The van der Waals surface area contributed by atoms with E-state index in [-0.39, 0.29) is 5.41 Å². The molecule has 0 amide bonds. The number of rotatable bonds is 2. The van der Waals surface area contributed by atoms with Crippen molar-refractivity contribution >= 4 is 11.6 Å². The van der Waals surface area contributed by atoms with E-state index in [9.17, 15) is 0 Å². The van der Waals surface area contributed by atoms with Gasteiger partial charge in [-0.2, -0.15) is 0 Å². The Bertz CT molecular complexity index is 375. The van der Waals surface area contributed by atoms with Gasteiger partial charge in [-0.25, -0.2) is 0 Å². The van der Waals surface area contributed by atoms with Crippen LogP contribution in [0.5, 0.6) is 0 Å². The molecule has 0 heterocycles. The molecule has 1 aliphatic carbocycles. The van der Waals surface area contributed by atoms with Crippen LogP contribution in [-0.2, 0) is 5.41 Å². The summed E-state index contributed by atoms with van der Waals surface area (Å²) in [5, 5.41) is 0.871. The molecule has 1 aliphatic rings. The minimum absolute atomic E-state index is 0.221. The SMILES string of the molecule is Cc1ccc(Cl)c(C)c1C1(CN)CCC1. The van der Waals surface area contributed by atoms with Crippen LogP contribution in [0.1, 0.15) is 36.0 Å². The fourth-order valence-corrected chi connectivity index (χ4v) is 2.95. The monoisotopic (exact) mass is 223 g/mol. The first-order chi connectivity index (χ1) is 7.10. The van der Waals surface area contributed by atoms with Gasteiger partial charge in [-0.1, -0.05) is 24.1 Å². The zero-order valence-electron chi connectivity index (χ0n) is 9.44. The topological polar surface area (TPSA) is 26.0 Å². The quantitative estimate of drug-likeness (QED) is 0.818. The van der Waals surface area contributed by atoms with Gasteiger partial charge in [-0.15, -0.1) is 0 Å². The van der Waals surface area contributed by atoms with Crippen LogP contribution in [0.4, 0.5) is 0 Å². The molecular formula is C13H18ClN. The first-order valence-corrected chi connectivity index (χ1v) is 5.95. The van der Waals surface area contributed by atoms with Crippen LogP contribution >= 0.6 is 11.6 Å². The maximum absolute atomic E-state index is 6.19. The highest BCUT2D eigenvalue weighted by Gasteiger charge is 2.39. The molecule has 0 unspecified atom stereocenters. The molecule has 1 fully saturated rings. The third-order valence-corrected chi connectivity index (χ3v) is 4.25. The lowest BCUT2D eigenvalue weighted by molar-refractivity contribution is 0.251. The fraction of sp³-hybridized carbons (Fsp3) is 0.538. The van der Waals surface area contributed by atoms with Gasteiger partial charge in [-0.3, -0.25) is 0 Å². The van der Waals surface area contributed by atoms with Crippen LogP contribution in [0.3, 0.4) is 0 Å². The van der Waals surface area contributed by atoms with E-state index in [4.69, 9.17) is 17.3 Å². The van der Waals surface area contributed by atoms with Crippen molar-refractivity contribution in [3.05, 3.63) is 33.8 Å². The lowest BCUT2D eigenvalue weighted by atomic mass is 9.62. The number of hydrogen-bond donors (Lipinski definition) is 1. The summed E-state index contributed by atoms with van der Waals surface area (Å²) in [6.07, 6.45) is 3.72. The Kier molecular flexibility index (Phi) is 2.78. The van der Waals surface area contributed by atoms with Gasteiger partial charge in [0.2, 0.25) is 0 Å². The molecule has 0 spiro atoms. The largest absolute Gasteiger partial charge is 0.330 e. The molecule has 0 aromatic heterocycles. The van der Waals surface area contributed by atoms with Crippen LogP contribution < -0.4 is 5.73 Å². The van der Waals surface area contributed by atoms with Gasteiger partial charge < -0.3 is 5.73 Å². The van der Waals surface area contributed by atoms with Gasteiger partial charge in [0, 0.05) is 17.0 Å². The number of benzene rings is 1. The summed E-state index contributed by atoms with van der Waals surface area (Å²) in [6, 6.07) is 4.10. The van der Waals surface area contributed by atoms with Crippen LogP contribution in [-0.4, -0.2) is 6.54 Å². The van der Waals surface area contributed by atoms with E-state index in [1.54, 1.807) is 0 Å². The maximum Gasteiger partial charge on any atom is 0.0438 e. The van der Waals surface area contributed by atoms with Gasteiger partial charge in [0.05, 0.1) is 0 Å². The Hall–Kier alpha value is -0.530. The van der Waals surface area contributed by atoms with E-state index in [0.717, 1.165) is 11.6 Å². The molecule has 0 aliphatic heterocycles. The van der Waals surface area contributed by atoms with Crippen LogP contribution in [0.25, 0.3) is 0 Å². The molecule has 2 heteroatoms. The van der Waals surface area contributed by atoms with Crippen molar-refractivity contribution in [3.63, 3.8) is 0 Å². The second kappa shape index (κ2) is 3.80. The molecule has 1 aromatic rings. The molecule has 1 saturated carbocycles. The van der Waals surface area contributed by atoms with Crippen molar-refractivity contribution in [1.82, 2.24) is 0 Å². The van der Waals surface area contributed by atoms with E-state index < -0.39 is 0 Å². The molecule has 0 radical (unpaired) electrons. The van der Waals surface area contributed by atoms with Crippen molar-refractivity contribution in [1.29, 1.82) is 0 Å². The number of hydrogen-bond acceptors (Lipinski definition) is 1. The van der Waals surface area contributed by atoms with E-state index in [2.05, 4.69) is 19.9 Å². The molecule has 0 bridgehead atoms. The molecule has 2 N–H and O–H groups in total. The number of nitrogens with two attached hydrogens (primary N) is 1. The normalized spacial score (nSPS) is 18.7. The van der Waals surface area contributed by atoms with E-state index >= 15 is 0 Å². The van der Waals surface area contributed by atoms with Gasteiger partial charge in [0.15, 0.2) is 0 Å².